The Morgan fingerprint density at radius 1 is 1.42 bits per heavy atom. The van der Waals surface area contributed by atoms with E-state index in [0.29, 0.717) is 5.92 Å². The number of allylic oxidation sites excluding steroid dienone is 5. The van der Waals surface area contributed by atoms with Gasteiger partial charge in [-0.15, -0.1) is 6.58 Å². The molecular weight excluding hydrogens is 144 g/mol. The zero-order valence-electron chi connectivity index (χ0n) is 8.72. The molecule has 1 atom stereocenters. The van der Waals surface area contributed by atoms with Crippen LogP contribution in [-0.2, 0) is 0 Å². The summed E-state index contributed by atoms with van der Waals surface area (Å²) in [7, 11) is 0. The van der Waals surface area contributed by atoms with Gasteiger partial charge >= 0.3 is 0 Å². The summed E-state index contributed by atoms with van der Waals surface area (Å²) in [6.45, 7) is 12.4. The van der Waals surface area contributed by atoms with E-state index in [2.05, 4.69) is 46.4 Å². The molecule has 0 nitrogen and oxygen atoms in total. The van der Waals surface area contributed by atoms with Crippen LogP contribution in [0.2, 0.25) is 0 Å². The van der Waals surface area contributed by atoms with E-state index in [9.17, 15) is 0 Å². The Morgan fingerprint density at radius 3 is 2.42 bits per heavy atom. The lowest BCUT2D eigenvalue weighted by Gasteiger charge is -2.07. The van der Waals surface area contributed by atoms with Crippen LogP contribution >= 0.6 is 0 Å². The lowest BCUT2D eigenvalue weighted by molar-refractivity contribution is 0.844. The van der Waals surface area contributed by atoms with Crippen LogP contribution in [0.4, 0.5) is 0 Å². The summed E-state index contributed by atoms with van der Waals surface area (Å²) in [5, 5.41) is 0. The van der Waals surface area contributed by atoms with Crippen molar-refractivity contribution in [2.45, 2.75) is 34.1 Å². The average molecular weight is 164 g/mol. The van der Waals surface area contributed by atoms with Gasteiger partial charge in [0.05, 0.1) is 0 Å². The second kappa shape index (κ2) is 5.82. The van der Waals surface area contributed by atoms with Crippen LogP contribution in [-0.4, -0.2) is 0 Å². The quantitative estimate of drug-likeness (QED) is 0.548. The molecule has 0 heterocycles. The van der Waals surface area contributed by atoms with E-state index in [1.807, 2.05) is 6.08 Å². The van der Waals surface area contributed by atoms with Gasteiger partial charge in [0.15, 0.2) is 0 Å². The number of hydrogen-bond donors (Lipinski definition) is 0. The zero-order valence-corrected chi connectivity index (χ0v) is 8.72. The summed E-state index contributed by atoms with van der Waals surface area (Å²) in [5.41, 5.74) is 2.83. The van der Waals surface area contributed by atoms with Crippen molar-refractivity contribution in [1.29, 1.82) is 0 Å². The van der Waals surface area contributed by atoms with Crippen molar-refractivity contribution in [3.63, 3.8) is 0 Å². The minimum absolute atomic E-state index is 0.565. The van der Waals surface area contributed by atoms with Gasteiger partial charge in [0, 0.05) is 0 Å². The number of rotatable bonds is 4. The fraction of sp³-hybridized carbons (Fsp3) is 0.500. The first-order valence-electron chi connectivity index (χ1n) is 4.52. The Bertz CT molecular complexity index is 194. The minimum atomic E-state index is 0.565. The molecule has 0 saturated carbocycles. The highest BCUT2D eigenvalue weighted by atomic mass is 14.0. The van der Waals surface area contributed by atoms with E-state index in [1.165, 1.54) is 11.1 Å². The molecule has 68 valence electrons. The van der Waals surface area contributed by atoms with Crippen LogP contribution in [0, 0.1) is 5.92 Å². The maximum atomic E-state index is 3.72. The van der Waals surface area contributed by atoms with Gasteiger partial charge < -0.3 is 0 Å². The molecule has 0 N–H and O–H groups in total. The molecular formula is C12H20. The molecule has 0 fully saturated rings. The molecule has 0 aromatic rings. The molecule has 0 aromatic carbocycles. The molecule has 0 rings (SSSR count). The molecule has 0 aliphatic carbocycles. The largest absolute Gasteiger partial charge is 0.103 e. The summed E-state index contributed by atoms with van der Waals surface area (Å²) in [4.78, 5) is 0. The van der Waals surface area contributed by atoms with Crippen LogP contribution in [0.5, 0.6) is 0 Å². The molecule has 1 unspecified atom stereocenters. The minimum Gasteiger partial charge on any atom is -0.103 e. The SMILES string of the molecule is C=CC/C(C)=C/C(C)/C(C)=C/C. The van der Waals surface area contributed by atoms with E-state index < -0.39 is 0 Å². The predicted octanol–water partition coefficient (Wildman–Crippen LogP) is 4.11. The standard InChI is InChI=1S/C12H20/c1-6-8-10(3)9-12(5)11(4)7-2/h6-7,9,12H,1,8H2,2-5H3/b10-9+,11-7+. The zero-order chi connectivity index (χ0) is 9.56. The van der Waals surface area contributed by atoms with Crippen LogP contribution in [0.3, 0.4) is 0 Å². The molecule has 0 bridgehead atoms. The van der Waals surface area contributed by atoms with Gasteiger partial charge in [0.25, 0.3) is 0 Å². The van der Waals surface area contributed by atoms with Gasteiger partial charge in [-0.3, -0.25) is 0 Å². The van der Waals surface area contributed by atoms with Crippen molar-refractivity contribution in [3.05, 3.63) is 36.0 Å². The molecule has 0 aliphatic rings. The van der Waals surface area contributed by atoms with Crippen molar-refractivity contribution in [2.24, 2.45) is 5.92 Å². The highest BCUT2D eigenvalue weighted by molar-refractivity contribution is 5.14. The van der Waals surface area contributed by atoms with Crippen LogP contribution in [0.15, 0.2) is 36.0 Å². The fourth-order valence-corrected chi connectivity index (χ4v) is 1.12. The normalized spacial score (nSPS) is 16.0. The van der Waals surface area contributed by atoms with Gasteiger partial charge in [0.2, 0.25) is 0 Å². The van der Waals surface area contributed by atoms with Crippen molar-refractivity contribution in [1.82, 2.24) is 0 Å². The highest BCUT2D eigenvalue weighted by Crippen LogP contribution is 2.14. The van der Waals surface area contributed by atoms with Crippen LogP contribution < -0.4 is 0 Å². The predicted molar refractivity (Wildman–Crippen MR) is 57.2 cm³/mol. The second-order valence-electron chi connectivity index (χ2n) is 3.33. The Kier molecular flexibility index (Phi) is 5.44. The van der Waals surface area contributed by atoms with Crippen molar-refractivity contribution < 1.29 is 0 Å². The third-order valence-corrected chi connectivity index (χ3v) is 2.17. The third kappa shape index (κ3) is 4.17. The molecule has 0 aromatic heterocycles. The van der Waals surface area contributed by atoms with Crippen molar-refractivity contribution in [2.75, 3.05) is 0 Å². The second-order valence-corrected chi connectivity index (χ2v) is 3.33. The molecule has 0 aliphatic heterocycles. The summed E-state index contributed by atoms with van der Waals surface area (Å²) in [5.74, 6) is 0.565. The van der Waals surface area contributed by atoms with Crippen molar-refractivity contribution in [3.8, 4) is 0 Å². The van der Waals surface area contributed by atoms with E-state index in [4.69, 9.17) is 0 Å². The molecule has 0 saturated heterocycles. The first-order chi connectivity index (χ1) is 5.61. The summed E-state index contributed by atoms with van der Waals surface area (Å²) < 4.78 is 0. The number of hydrogen-bond acceptors (Lipinski definition) is 0. The molecule has 0 spiro atoms. The van der Waals surface area contributed by atoms with E-state index >= 15 is 0 Å². The highest BCUT2D eigenvalue weighted by Gasteiger charge is 1.98. The Morgan fingerprint density at radius 2 is 2.00 bits per heavy atom. The fourth-order valence-electron chi connectivity index (χ4n) is 1.12. The van der Waals surface area contributed by atoms with Crippen molar-refractivity contribution >= 4 is 0 Å². The topological polar surface area (TPSA) is 0 Å². The summed E-state index contributed by atoms with van der Waals surface area (Å²) in [6, 6.07) is 0. The smallest absolute Gasteiger partial charge is 0.00518 e. The lowest BCUT2D eigenvalue weighted by atomic mass is 9.99. The summed E-state index contributed by atoms with van der Waals surface area (Å²) >= 11 is 0. The maximum Gasteiger partial charge on any atom is -0.00518 e. The third-order valence-electron chi connectivity index (χ3n) is 2.17. The average Bonchev–Trinajstić information content (AvgIpc) is 2.03. The maximum absolute atomic E-state index is 3.72. The monoisotopic (exact) mass is 164 g/mol. The van der Waals surface area contributed by atoms with E-state index in [0.717, 1.165) is 6.42 Å². The van der Waals surface area contributed by atoms with Crippen LogP contribution in [0.1, 0.15) is 34.1 Å². The lowest BCUT2D eigenvalue weighted by Crippen LogP contribution is -1.92. The van der Waals surface area contributed by atoms with E-state index in [-0.39, 0.29) is 0 Å². The first kappa shape index (κ1) is 11.2. The Balaban J connectivity index is 4.22. The first-order valence-corrected chi connectivity index (χ1v) is 4.52. The van der Waals surface area contributed by atoms with Gasteiger partial charge in [-0.1, -0.05) is 36.3 Å². The molecule has 0 heteroatoms. The van der Waals surface area contributed by atoms with Crippen LogP contribution in [0.25, 0.3) is 0 Å². The Labute approximate surface area is 76.7 Å². The van der Waals surface area contributed by atoms with Gasteiger partial charge in [-0.2, -0.15) is 0 Å². The summed E-state index contributed by atoms with van der Waals surface area (Å²) in [6.07, 6.45) is 7.42. The molecule has 0 amide bonds. The van der Waals surface area contributed by atoms with Gasteiger partial charge in [-0.05, 0) is 33.1 Å². The molecule has 0 radical (unpaired) electrons. The van der Waals surface area contributed by atoms with Gasteiger partial charge in [0.1, 0.15) is 0 Å². The Hall–Kier alpha value is -0.780. The van der Waals surface area contributed by atoms with E-state index in [1.54, 1.807) is 0 Å². The van der Waals surface area contributed by atoms with Gasteiger partial charge in [-0.25, -0.2) is 0 Å². The molecule has 12 heavy (non-hydrogen) atoms.